The number of anilines is 1. The average molecular weight is 404 g/mol. The number of nitrogens with zero attached hydrogens (tertiary/aromatic N) is 4. The first-order valence-electron chi connectivity index (χ1n) is 9.12. The molecule has 0 N–H and O–H groups in total. The maximum absolute atomic E-state index is 13.1. The Morgan fingerprint density at radius 1 is 1.03 bits per heavy atom. The standard InChI is InChI=1S/C21H16N4O3S/c1-3-24-14-10-6-4-8-12(14)16(19(24)26)17-20(27)25-21(29-17)22-18(23-25)13-9-5-7-11-15(13)28-2/h4-11H,3H2,1-2H3/b17-16-. The van der Waals surface area contributed by atoms with Gasteiger partial charge in [-0.25, -0.2) is 0 Å². The van der Waals surface area contributed by atoms with Crippen LogP contribution in [0.2, 0.25) is 0 Å². The summed E-state index contributed by atoms with van der Waals surface area (Å²) < 4.78 is 6.99. The number of carbonyl (C=O) groups is 1. The van der Waals surface area contributed by atoms with E-state index in [-0.39, 0.29) is 11.5 Å². The van der Waals surface area contributed by atoms with Gasteiger partial charge in [-0.3, -0.25) is 9.59 Å². The molecule has 0 atom stereocenters. The van der Waals surface area contributed by atoms with E-state index in [0.29, 0.717) is 38.7 Å². The summed E-state index contributed by atoms with van der Waals surface area (Å²) in [6, 6.07) is 14.9. The fraction of sp³-hybridized carbons (Fsp3) is 0.143. The van der Waals surface area contributed by atoms with Crippen LogP contribution in [-0.2, 0) is 4.79 Å². The molecule has 0 unspecified atom stereocenters. The van der Waals surface area contributed by atoms with Crippen molar-refractivity contribution in [2.75, 3.05) is 18.6 Å². The van der Waals surface area contributed by atoms with Crippen LogP contribution in [0.15, 0.2) is 53.3 Å². The van der Waals surface area contributed by atoms with Crippen LogP contribution in [-0.4, -0.2) is 34.2 Å². The SMILES string of the molecule is CCN1C(=O)/C(=c2\sc3nc(-c4ccccc4OC)nn3c2=O)c2ccccc21. The summed E-state index contributed by atoms with van der Waals surface area (Å²) in [6.07, 6.45) is 0. The highest BCUT2D eigenvalue weighted by molar-refractivity contribution is 7.15. The van der Waals surface area contributed by atoms with Gasteiger partial charge in [0.25, 0.3) is 11.5 Å². The first kappa shape index (κ1) is 17.6. The lowest BCUT2D eigenvalue weighted by Crippen LogP contribution is -2.32. The molecule has 0 aliphatic carbocycles. The van der Waals surface area contributed by atoms with Gasteiger partial charge in [-0.2, -0.15) is 9.50 Å². The van der Waals surface area contributed by atoms with E-state index in [1.807, 2.05) is 55.5 Å². The molecule has 144 valence electrons. The lowest BCUT2D eigenvalue weighted by Gasteiger charge is -2.13. The third kappa shape index (κ3) is 2.49. The monoisotopic (exact) mass is 404 g/mol. The minimum absolute atomic E-state index is 0.166. The number of aromatic nitrogens is 3. The molecule has 4 aromatic rings. The molecule has 7 nitrogen and oxygen atoms in total. The zero-order valence-electron chi connectivity index (χ0n) is 15.7. The number of fused-ring (bicyclic) bond motifs is 2. The zero-order valence-corrected chi connectivity index (χ0v) is 16.6. The molecule has 2 aromatic carbocycles. The Balaban J connectivity index is 1.75. The third-order valence-corrected chi connectivity index (χ3v) is 6.00. The van der Waals surface area contributed by atoms with E-state index in [1.54, 1.807) is 12.0 Å². The van der Waals surface area contributed by atoms with Crippen LogP contribution in [0.1, 0.15) is 12.5 Å². The van der Waals surface area contributed by atoms with Gasteiger partial charge in [-0.15, -0.1) is 5.10 Å². The van der Waals surface area contributed by atoms with Gasteiger partial charge < -0.3 is 9.64 Å². The molecular formula is C21H16N4O3S. The first-order valence-corrected chi connectivity index (χ1v) is 9.94. The summed E-state index contributed by atoms with van der Waals surface area (Å²) in [4.78, 5) is 32.8. The number of amides is 1. The van der Waals surface area contributed by atoms with Gasteiger partial charge in [0.2, 0.25) is 4.96 Å². The van der Waals surface area contributed by atoms with Crippen LogP contribution in [0.4, 0.5) is 5.69 Å². The number of methoxy groups -OCH3 is 1. The predicted octanol–water partition coefficient (Wildman–Crippen LogP) is 2.11. The van der Waals surface area contributed by atoms with E-state index in [4.69, 9.17) is 4.74 Å². The molecule has 0 saturated heterocycles. The topological polar surface area (TPSA) is 76.8 Å². The Labute approximate surface area is 169 Å². The molecule has 2 aromatic heterocycles. The van der Waals surface area contributed by atoms with Crippen molar-refractivity contribution >= 4 is 33.5 Å². The van der Waals surface area contributed by atoms with Crippen molar-refractivity contribution in [3.63, 3.8) is 0 Å². The summed E-state index contributed by atoms with van der Waals surface area (Å²) >= 11 is 1.18. The number of hydrogen-bond donors (Lipinski definition) is 0. The Morgan fingerprint density at radius 2 is 1.76 bits per heavy atom. The summed E-state index contributed by atoms with van der Waals surface area (Å²) in [7, 11) is 1.58. The van der Waals surface area contributed by atoms with Crippen molar-refractivity contribution < 1.29 is 9.53 Å². The van der Waals surface area contributed by atoms with Gasteiger partial charge in [-0.1, -0.05) is 41.7 Å². The van der Waals surface area contributed by atoms with E-state index < -0.39 is 0 Å². The molecule has 0 radical (unpaired) electrons. The Kier molecular flexibility index (Phi) is 3.95. The number of rotatable bonds is 3. The summed E-state index contributed by atoms with van der Waals surface area (Å²) in [5.41, 5.74) is 2.38. The molecule has 0 fully saturated rings. The molecule has 3 heterocycles. The molecular weight excluding hydrogens is 388 g/mol. The van der Waals surface area contributed by atoms with Gasteiger partial charge in [0.05, 0.1) is 23.9 Å². The second kappa shape index (κ2) is 6.52. The molecule has 5 rings (SSSR count). The van der Waals surface area contributed by atoms with Crippen molar-refractivity contribution in [1.82, 2.24) is 14.6 Å². The zero-order chi connectivity index (χ0) is 20.1. The number of thiazole rings is 1. The molecule has 0 bridgehead atoms. The lowest BCUT2D eigenvalue weighted by molar-refractivity contribution is -0.113. The number of likely N-dealkylation sites (N-methyl/N-ethyl adjacent to an activating group) is 1. The normalized spacial score (nSPS) is 15.2. The van der Waals surface area contributed by atoms with Crippen molar-refractivity contribution in [2.24, 2.45) is 0 Å². The maximum atomic E-state index is 13.1. The average Bonchev–Trinajstić information content (AvgIpc) is 3.38. The van der Waals surface area contributed by atoms with E-state index in [9.17, 15) is 9.59 Å². The van der Waals surface area contributed by atoms with Crippen molar-refractivity contribution in [1.29, 1.82) is 0 Å². The fourth-order valence-corrected chi connectivity index (χ4v) is 4.64. The van der Waals surface area contributed by atoms with E-state index in [2.05, 4.69) is 10.1 Å². The number of para-hydroxylation sites is 2. The number of ether oxygens (including phenoxy) is 1. The molecule has 29 heavy (non-hydrogen) atoms. The summed E-state index contributed by atoms with van der Waals surface area (Å²) in [5, 5.41) is 4.39. The highest BCUT2D eigenvalue weighted by atomic mass is 32.1. The quantitative estimate of drug-likeness (QED) is 0.523. The van der Waals surface area contributed by atoms with Crippen LogP contribution in [0.25, 0.3) is 21.9 Å². The third-order valence-electron chi connectivity index (χ3n) is 4.97. The van der Waals surface area contributed by atoms with Crippen LogP contribution in [0, 0.1) is 0 Å². The molecule has 1 amide bonds. The number of hydrogen-bond acceptors (Lipinski definition) is 6. The second-order valence-corrected chi connectivity index (χ2v) is 7.49. The van der Waals surface area contributed by atoms with Gasteiger partial charge in [-0.05, 0) is 25.1 Å². The van der Waals surface area contributed by atoms with Gasteiger partial charge in [0.15, 0.2) is 5.82 Å². The fourth-order valence-electron chi connectivity index (χ4n) is 3.64. The van der Waals surface area contributed by atoms with Gasteiger partial charge >= 0.3 is 0 Å². The first-order chi connectivity index (χ1) is 14.1. The van der Waals surface area contributed by atoms with Crippen molar-refractivity contribution in [3.8, 4) is 17.1 Å². The van der Waals surface area contributed by atoms with Crippen LogP contribution in [0.5, 0.6) is 5.75 Å². The Bertz CT molecular complexity index is 1390. The van der Waals surface area contributed by atoms with E-state index >= 15 is 0 Å². The van der Waals surface area contributed by atoms with E-state index in [0.717, 1.165) is 11.3 Å². The highest BCUT2D eigenvalue weighted by Crippen LogP contribution is 2.35. The summed E-state index contributed by atoms with van der Waals surface area (Å²) in [5.74, 6) is 0.877. The smallest absolute Gasteiger partial charge is 0.291 e. The minimum atomic E-state index is -0.338. The number of benzene rings is 2. The second-order valence-electron chi connectivity index (χ2n) is 6.51. The van der Waals surface area contributed by atoms with Crippen molar-refractivity contribution in [3.05, 3.63) is 69.0 Å². The largest absolute Gasteiger partial charge is 0.496 e. The molecule has 8 heteroatoms. The van der Waals surface area contributed by atoms with E-state index in [1.165, 1.54) is 15.9 Å². The van der Waals surface area contributed by atoms with Crippen LogP contribution in [0.3, 0.4) is 0 Å². The Hall–Kier alpha value is -3.52. The van der Waals surface area contributed by atoms with Gasteiger partial charge in [0.1, 0.15) is 10.3 Å². The van der Waals surface area contributed by atoms with Gasteiger partial charge in [0, 0.05) is 12.1 Å². The van der Waals surface area contributed by atoms with Crippen LogP contribution >= 0.6 is 11.3 Å². The lowest BCUT2D eigenvalue weighted by atomic mass is 10.1. The van der Waals surface area contributed by atoms with Crippen molar-refractivity contribution in [2.45, 2.75) is 6.92 Å². The minimum Gasteiger partial charge on any atom is -0.496 e. The maximum Gasteiger partial charge on any atom is 0.291 e. The summed E-state index contributed by atoms with van der Waals surface area (Å²) in [6.45, 7) is 2.45. The Morgan fingerprint density at radius 3 is 2.48 bits per heavy atom. The molecule has 1 aliphatic heterocycles. The number of carbonyl (C=O) groups excluding carboxylic acids is 1. The predicted molar refractivity (Wildman–Crippen MR) is 111 cm³/mol. The van der Waals surface area contributed by atoms with Crippen LogP contribution < -0.4 is 19.7 Å². The highest BCUT2D eigenvalue weighted by Gasteiger charge is 2.33. The molecule has 0 saturated carbocycles. The molecule has 0 spiro atoms. The molecule has 1 aliphatic rings.